The van der Waals surface area contributed by atoms with Gasteiger partial charge in [0.15, 0.2) is 11.5 Å². The second kappa shape index (κ2) is 9.86. The molecule has 10 heteroatoms. The van der Waals surface area contributed by atoms with Crippen LogP contribution in [0.2, 0.25) is 20.1 Å². The minimum Gasteiger partial charge on any atom is -0.494 e. The third-order valence-corrected chi connectivity index (χ3v) is 8.44. The van der Waals surface area contributed by atoms with Crippen molar-refractivity contribution in [3.8, 4) is 11.5 Å². The lowest BCUT2D eigenvalue weighted by molar-refractivity contribution is 0.103. The Morgan fingerprint density at radius 1 is 0.688 bits per heavy atom. The molecule has 0 saturated heterocycles. The molecule has 0 radical (unpaired) electrons. The maximum absolute atomic E-state index is 14.5. The molecule has 0 bridgehead atoms. The fourth-order valence-corrected chi connectivity index (χ4v) is 6.80. The van der Waals surface area contributed by atoms with E-state index in [1.165, 1.54) is 50.6 Å². The third kappa shape index (κ3) is 4.16. The Bertz CT molecular complexity index is 1210. The first-order valence-corrected chi connectivity index (χ1v) is 12.2. The van der Waals surface area contributed by atoms with Crippen LogP contribution in [0.1, 0.15) is 20.7 Å². The van der Waals surface area contributed by atoms with Gasteiger partial charge in [-0.25, -0.2) is 0 Å². The maximum Gasteiger partial charge on any atom is 0.249 e. The molecule has 166 valence electrons. The normalized spacial score (nSPS) is 12.7. The molecule has 0 aliphatic heterocycles. The summed E-state index contributed by atoms with van der Waals surface area (Å²) in [5, 5.41) is -0.163. The quantitative estimate of drug-likeness (QED) is 0.307. The lowest BCUT2D eigenvalue weighted by Crippen LogP contribution is -2.22. The topological polar surface area (TPSA) is 69.7 Å². The Morgan fingerprint density at radius 2 is 1.16 bits per heavy atom. The number of methoxy groups -OCH3 is 2. The Morgan fingerprint density at radius 3 is 1.62 bits per heavy atom. The highest BCUT2D eigenvalue weighted by Gasteiger charge is 2.47. The van der Waals surface area contributed by atoms with Gasteiger partial charge in [-0.05, 0) is 18.2 Å². The first-order valence-electron chi connectivity index (χ1n) is 8.97. The minimum atomic E-state index is -4.60. The zero-order valence-corrected chi connectivity index (χ0v) is 20.6. The molecule has 0 fully saturated rings. The molecule has 0 aliphatic carbocycles. The fourth-order valence-electron chi connectivity index (χ4n) is 3.16. The van der Waals surface area contributed by atoms with E-state index in [4.69, 9.17) is 55.9 Å². The lowest BCUT2D eigenvalue weighted by Gasteiger charge is -2.21. The number of hydrogen-bond donors (Lipinski definition) is 0. The summed E-state index contributed by atoms with van der Waals surface area (Å²) in [7, 11) is -2.06. The predicted molar refractivity (Wildman–Crippen MR) is 128 cm³/mol. The van der Waals surface area contributed by atoms with Crippen molar-refractivity contribution in [2.75, 3.05) is 14.2 Å². The molecule has 0 amide bonds. The van der Waals surface area contributed by atoms with Gasteiger partial charge >= 0.3 is 0 Å². The summed E-state index contributed by atoms with van der Waals surface area (Å²) in [6, 6.07) is 13.3. The van der Waals surface area contributed by atoms with Gasteiger partial charge in [0.2, 0.25) is 18.2 Å². The highest BCUT2D eigenvalue weighted by atomic mass is 35.5. The number of ether oxygens (including phenoxy) is 2. The molecule has 32 heavy (non-hydrogen) atoms. The van der Waals surface area contributed by atoms with E-state index in [9.17, 15) is 14.2 Å². The van der Waals surface area contributed by atoms with Gasteiger partial charge in [-0.15, -0.1) is 0 Å². The first kappa shape index (κ1) is 24.6. The molecule has 0 aromatic heterocycles. The van der Waals surface area contributed by atoms with E-state index in [2.05, 4.69) is 0 Å². The van der Waals surface area contributed by atoms with E-state index in [0.717, 1.165) is 0 Å². The average molecular weight is 532 g/mol. The zero-order chi connectivity index (χ0) is 23.6. The number of halogens is 4. The average Bonchev–Trinajstić information content (AvgIpc) is 2.78. The molecule has 3 rings (SSSR count). The number of rotatable bonds is 7. The molecule has 3 aromatic carbocycles. The van der Waals surface area contributed by atoms with Crippen molar-refractivity contribution >= 4 is 69.9 Å². The summed E-state index contributed by atoms with van der Waals surface area (Å²) in [6.45, 7) is 0. The van der Waals surface area contributed by atoms with Crippen molar-refractivity contribution in [1.29, 1.82) is 0 Å². The van der Waals surface area contributed by atoms with Crippen LogP contribution in [0, 0.1) is 0 Å². The van der Waals surface area contributed by atoms with Crippen molar-refractivity contribution in [2.24, 2.45) is 0 Å². The van der Waals surface area contributed by atoms with Crippen LogP contribution in [0.4, 0.5) is 0 Å². The summed E-state index contributed by atoms with van der Waals surface area (Å²) < 4.78 is 25.0. The van der Waals surface area contributed by atoms with Crippen LogP contribution in [-0.2, 0) is 4.57 Å². The second-order valence-corrected chi connectivity index (χ2v) is 10.6. The summed E-state index contributed by atoms with van der Waals surface area (Å²) in [5.74, 6) is -0.265. The summed E-state index contributed by atoms with van der Waals surface area (Å²) in [4.78, 5) is 27.6. The molecule has 1 atom stereocenters. The molecule has 0 heterocycles. The van der Waals surface area contributed by atoms with Crippen molar-refractivity contribution in [1.82, 2.24) is 0 Å². The van der Waals surface area contributed by atoms with Crippen molar-refractivity contribution in [3.05, 3.63) is 85.8 Å². The number of carbonyl (C=O) groups is 2. The van der Waals surface area contributed by atoms with Crippen molar-refractivity contribution in [3.63, 3.8) is 0 Å². The van der Waals surface area contributed by atoms with Gasteiger partial charge in [0, 0.05) is 5.30 Å². The summed E-state index contributed by atoms with van der Waals surface area (Å²) >= 11 is 24.8. The minimum absolute atomic E-state index is 0.0220. The SMILES string of the molecule is COc1c(Cl)cc(Cl)c(OC)c1C(=O)P(=O)(C(=O)c1c(Cl)cccc1Cl)c1ccccc1. The predicted octanol–water partition coefficient (Wildman–Crippen LogP) is 6.99. The smallest absolute Gasteiger partial charge is 0.249 e. The maximum atomic E-state index is 14.5. The van der Waals surface area contributed by atoms with E-state index in [0.29, 0.717) is 0 Å². The van der Waals surface area contributed by atoms with Gasteiger partial charge in [-0.1, -0.05) is 82.8 Å². The van der Waals surface area contributed by atoms with E-state index < -0.39 is 18.2 Å². The molecule has 5 nitrogen and oxygen atoms in total. The Hall–Kier alpha value is -2.01. The molecule has 1 unspecified atom stereocenters. The van der Waals surface area contributed by atoms with Crippen LogP contribution in [0.3, 0.4) is 0 Å². The number of carbonyl (C=O) groups excluding carboxylic acids is 2. The molecule has 3 aromatic rings. The van der Waals surface area contributed by atoms with Crippen LogP contribution in [0.25, 0.3) is 0 Å². The van der Waals surface area contributed by atoms with Gasteiger partial charge < -0.3 is 14.0 Å². The summed E-state index contributed by atoms with van der Waals surface area (Å²) in [5.41, 5.74) is -2.68. The fraction of sp³-hybridized carbons (Fsp3) is 0.0909. The van der Waals surface area contributed by atoms with Crippen LogP contribution < -0.4 is 14.8 Å². The van der Waals surface area contributed by atoms with Crippen LogP contribution in [0.5, 0.6) is 11.5 Å². The van der Waals surface area contributed by atoms with Crippen LogP contribution in [0.15, 0.2) is 54.6 Å². The molecular formula is C22H15Cl4O5P. The zero-order valence-electron chi connectivity index (χ0n) is 16.7. The lowest BCUT2D eigenvalue weighted by atomic mass is 10.2. The van der Waals surface area contributed by atoms with E-state index in [-0.39, 0.29) is 48.0 Å². The largest absolute Gasteiger partial charge is 0.494 e. The van der Waals surface area contributed by atoms with Gasteiger partial charge in [-0.2, -0.15) is 0 Å². The number of hydrogen-bond acceptors (Lipinski definition) is 5. The van der Waals surface area contributed by atoms with Gasteiger partial charge in [0.1, 0.15) is 5.56 Å². The van der Waals surface area contributed by atoms with E-state index in [1.54, 1.807) is 18.2 Å². The Labute approximate surface area is 204 Å². The second-order valence-electron chi connectivity index (χ2n) is 6.43. The van der Waals surface area contributed by atoms with Gasteiger partial charge in [-0.3, -0.25) is 9.59 Å². The van der Waals surface area contributed by atoms with Crippen LogP contribution >= 0.6 is 53.5 Å². The Balaban J connectivity index is 2.39. The number of benzene rings is 3. The van der Waals surface area contributed by atoms with Gasteiger partial charge in [0.05, 0.1) is 39.9 Å². The van der Waals surface area contributed by atoms with Gasteiger partial charge in [0.25, 0.3) is 0 Å². The monoisotopic (exact) mass is 530 g/mol. The van der Waals surface area contributed by atoms with Crippen LogP contribution in [-0.4, -0.2) is 25.3 Å². The molecule has 0 aliphatic rings. The highest BCUT2D eigenvalue weighted by molar-refractivity contribution is 8.01. The van der Waals surface area contributed by atoms with E-state index >= 15 is 0 Å². The molecular weight excluding hydrogens is 517 g/mol. The standard InChI is InChI=1S/C22H15Cl4O5P/c1-30-19-15(25)11-16(26)20(31-2)18(19)22(28)32(29,12-7-4-3-5-8-12)21(27)17-13(23)9-6-10-14(17)24/h3-11H,1-2H3. The first-order chi connectivity index (χ1) is 15.2. The molecule has 0 saturated carbocycles. The Kier molecular flexibility index (Phi) is 7.59. The molecule has 0 spiro atoms. The third-order valence-electron chi connectivity index (χ3n) is 4.63. The molecule has 0 N–H and O–H groups in total. The van der Waals surface area contributed by atoms with Crippen molar-refractivity contribution in [2.45, 2.75) is 0 Å². The van der Waals surface area contributed by atoms with E-state index in [1.807, 2.05) is 0 Å². The summed E-state index contributed by atoms with van der Waals surface area (Å²) in [6.07, 6.45) is 0. The highest BCUT2D eigenvalue weighted by Crippen LogP contribution is 2.56. The van der Waals surface area contributed by atoms with Crippen molar-refractivity contribution < 1.29 is 23.6 Å².